The van der Waals surface area contributed by atoms with Gasteiger partial charge in [0, 0.05) is 23.1 Å². The van der Waals surface area contributed by atoms with Crippen LogP contribution in [-0.2, 0) is 16.0 Å². The zero-order valence-corrected chi connectivity index (χ0v) is 12.9. The first kappa shape index (κ1) is 15.1. The molecule has 1 N–H and O–H groups in total. The molecule has 4 nitrogen and oxygen atoms in total. The molecule has 1 aromatic rings. The number of nitrogens with one attached hydrogen (secondary N) is 1. The molecule has 1 aromatic carbocycles. The molecule has 6 heteroatoms. The van der Waals surface area contributed by atoms with Gasteiger partial charge < -0.3 is 10.2 Å². The van der Waals surface area contributed by atoms with Crippen LogP contribution < -0.4 is 5.32 Å². The first-order chi connectivity index (χ1) is 9.34. The number of halogens is 2. The molecule has 0 aromatic heterocycles. The van der Waals surface area contributed by atoms with Crippen LogP contribution >= 0.6 is 23.2 Å². The van der Waals surface area contributed by atoms with Crippen molar-refractivity contribution in [2.75, 3.05) is 13.1 Å². The molecular formula is C14H16Cl2N2O2. The molecule has 2 rings (SSSR count). The Hall–Kier alpha value is -1.26. The minimum atomic E-state index is -0.858. The first-order valence-electron chi connectivity index (χ1n) is 6.35. The summed E-state index contributed by atoms with van der Waals surface area (Å²) in [6.07, 6.45) is 0.0925. The van der Waals surface area contributed by atoms with Gasteiger partial charge in [-0.3, -0.25) is 9.59 Å². The van der Waals surface area contributed by atoms with Crippen LogP contribution in [0.25, 0.3) is 0 Å². The number of carbonyl (C=O) groups excluding carboxylic acids is 2. The highest BCUT2D eigenvalue weighted by molar-refractivity contribution is 6.36. The van der Waals surface area contributed by atoms with Crippen LogP contribution in [0.2, 0.25) is 10.0 Å². The van der Waals surface area contributed by atoms with Crippen LogP contribution in [0, 0.1) is 0 Å². The van der Waals surface area contributed by atoms with Gasteiger partial charge in [-0.15, -0.1) is 0 Å². The summed E-state index contributed by atoms with van der Waals surface area (Å²) in [5.41, 5.74) is -0.258. The van der Waals surface area contributed by atoms with Crippen molar-refractivity contribution in [3.8, 4) is 0 Å². The summed E-state index contributed by atoms with van der Waals surface area (Å²) in [7, 11) is 0. The second-order valence-corrected chi connectivity index (χ2v) is 6.05. The van der Waals surface area contributed by atoms with E-state index in [4.69, 9.17) is 23.2 Å². The van der Waals surface area contributed by atoms with Crippen molar-refractivity contribution in [2.24, 2.45) is 0 Å². The Kier molecular flexibility index (Phi) is 4.25. The van der Waals surface area contributed by atoms with E-state index in [0.717, 1.165) is 0 Å². The van der Waals surface area contributed by atoms with Crippen molar-refractivity contribution in [2.45, 2.75) is 25.8 Å². The normalized spacial score (nSPS) is 17.8. The SMILES string of the molecule is CC1(C)C(=O)NCCN1C(=O)Cc1c(Cl)cccc1Cl. The quantitative estimate of drug-likeness (QED) is 0.910. The number of rotatable bonds is 2. The Balaban J connectivity index is 2.22. The van der Waals surface area contributed by atoms with Gasteiger partial charge in [0.2, 0.25) is 11.8 Å². The molecule has 1 aliphatic heterocycles. The Morgan fingerprint density at radius 2 is 1.95 bits per heavy atom. The van der Waals surface area contributed by atoms with Crippen molar-refractivity contribution in [3.63, 3.8) is 0 Å². The molecular weight excluding hydrogens is 299 g/mol. The monoisotopic (exact) mass is 314 g/mol. The minimum absolute atomic E-state index is 0.0925. The van der Waals surface area contributed by atoms with Crippen LogP contribution in [-0.4, -0.2) is 35.3 Å². The van der Waals surface area contributed by atoms with E-state index in [1.165, 1.54) is 0 Å². The molecule has 0 atom stereocenters. The van der Waals surface area contributed by atoms with Crippen LogP contribution in [0.5, 0.6) is 0 Å². The summed E-state index contributed by atoms with van der Waals surface area (Å²) in [5.74, 6) is -0.304. The Bertz CT molecular complexity index is 538. The first-order valence-corrected chi connectivity index (χ1v) is 7.11. The molecule has 1 fully saturated rings. The van der Waals surface area contributed by atoms with Gasteiger partial charge in [0.1, 0.15) is 5.54 Å². The maximum Gasteiger partial charge on any atom is 0.245 e. The Labute approximate surface area is 128 Å². The average molecular weight is 315 g/mol. The second-order valence-electron chi connectivity index (χ2n) is 5.24. The zero-order valence-electron chi connectivity index (χ0n) is 11.4. The molecule has 0 spiro atoms. The van der Waals surface area contributed by atoms with Gasteiger partial charge in [-0.25, -0.2) is 0 Å². The molecule has 0 saturated carbocycles. The highest BCUT2D eigenvalue weighted by Gasteiger charge is 2.40. The molecule has 2 amide bonds. The minimum Gasteiger partial charge on any atom is -0.352 e. The van der Waals surface area contributed by atoms with Gasteiger partial charge in [-0.1, -0.05) is 29.3 Å². The van der Waals surface area contributed by atoms with E-state index in [0.29, 0.717) is 28.7 Å². The van der Waals surface area contributed by atoms with Gasteiger partial charge in [-0.2, -0.15) is 0 Å². The summed E-state index contributed by atoms with van der Waals surface area (Å²) in [5, 5.41) is 3.68. The van der Waals surface area contributed by atoms with E-state index < -0.39 is 5.54 Å². The maximum atomic E-state index is 12.5. The molecule has 0 unspecified atom stereocenters. The van der Waals surface area contributed by atoms with E-state index in [1.54, 1.807) is 36.9 Å². The lowest BCUT2D eigenvalue weighted by Crippen LogP contribution is -2.63. The summed E-state index contributed by atoms with van der Waals surface area (Å²) < 4.78 is 0. The largest absolute Gasteiger partial charge is 0.352 e. The second kappa shape index (κ2) is 5.62. The number of piperazine rings is 1. The van der Waals surface area contributed by atoms with Crippen molar-refractivity contribution in [1.82, 2.24) is 10.2 Å². The topological polar surface area (TPSA) is 49.4 Å². The van der Waals surface area contributed by atoms with E-state index in [1.807, 2.05) is 0 Å². The summed E-state index contributed by atoms with van der Waals surface area (Å²) >= 11 is 12.2. The molecule has 1 heterocycles. The lowest BCUT2D eigenvalue weighted by atomic mass is 9.97. The third-order valence-corrected chi connectivity index (χ3v) is 4.25. The summed E-state index contributed by atoms with van der Waals surface area (Å²) in [6.45, 7) is 4.41. The number of carbonyl (C=O) groups is 2. The molecule has 0 bridgehead atoms. The van der Waals surface area contributed by atoms with E-state index in [9.17, 15) is 9.59 Å². The molecule has 108 valence electrons. The van der Waals surface area contributed by atoms with Crippen LogP contribution in [0.1, 0.15) is 19.4 Å². The third kappa shape index (κ3) is 2.76. The van der Waals surface area contributed by atoms with Crippen molar-refractivity contribution in [3.05, 3.63) is 33.8 Å². The molecule has 0 aliphatic carbocycles. The summed E-state index contributed by atoms with van der Waals surface area (Å²) in [6, 6.07) is 5.13. The Morgan fingerprint density at radius 3 is 2.55 bits per heavy atom. The Morgan fingerprint density at radius 1 is 1.35 bits per heavy atom. The van der Waals surface area contributed by atoms with E-state index in [-0.39, 0.29) is 18.2 Å². The maximum absolute atomic E-state index is 12.5. The van der Waals surface area contributed by atoms with Crippen molar-refractivity contribution in [1.29, 1.82) is 0 Å². The fourth-order valence-corrected chi connectivity index (χ4v) is 2.82. The predicted octanol–water partition coefficient (Wildman–Crippen LogP) is 2.27. The van der Waals surface area contributed by atoms with Crippen LogP contribution in [0.15, 0.2) is 18.2 Å². The highest BCUT2D eigenvalue weighted by atomic mass is 35.5. The predicted molar refractivity (Wildman–Crippen MR) is 79.0 cm³/mol. The van der Waals surface area contributed by atoms with Crippen LogP contribution in [0.4, 0.5) is 0 Å². The van der Waals surface area contributed by atoms with Gasteiger partial charge in [-0.05, 0) is 31.5 Å². The number of hydrogen-bond donors (Lipinski definition) is 1. The van der Waals surface area contributed by atoms with Gasteiger partial charge in [0.15, 0.2) is 0 Å². The van der Waals surface area contributed by atoms with Gasteiger partial charge in [0.05, 0.1) is 6.42 Å². The highest BCUT2D eigenvalue weighted by Crippen LogP contribution is 2.27. The lowest BCUT2D eigenvalue weighted by molar-refractivity contribution is -0.148. The zero-order chi connectivity index (χ0) is 14.9. The van der Waals surface area contributed by atoms with Crippen LogP contribution in [0.3, 0.4) is 0 Å². The van der Waals surface area contributed by atoms with E-state index in [2.05, 4.69) is 5.32 Å². The van der Waals surface area contributed by atoms with Crippen molar-refractivity contribution >= 4 is 35.0 Å². The van der Waals surface area contributed by atoms with Crippen molar-refractivity contribution < 1.29 is 9.59 Å². The molecule has 0 radical (unpaired) electrons. The van der Waals surface area contributed by atoms with Gasteiger partial charge >= 0.3 is 0 Å². The smallest absolute Gasteiger partial charge is 0.245 e. The number of amides is 2. The van der Waals surface area contributed by atoms with E-state index >= 15 is 0 Å². The number of hydrogen-bond acceptors (Lipinski definition) is 2. The number of nitrogens with zero attached hydrogens (tertiary/aromatic N) is 1. The molecule has 1 saturated heterocycles. The number of benzene rings is 1. The fraction of sp³-hybridized carbons (Fsp3) is 0.429. The fourth-order valence-electron chi connectivity index (χ4n) is 2.28. The van der Waals surface area contributed by atoms with Gasteiger partial charge in [0.25, 0.3) is 0 Å². The lowest BCUT2D eigenvalue weighted by Gasteiger charge is -2.41. The molecule has 20 heavy (non-hydrogen) atoms. The summed E-state index contributed by atoms with van der Waals surface area (Å²) in [4.78, 5) is 25.9. The molecule has 1 aliphatic rings. The standard InChI is InChI=1S/C14H16Cl2N2O2/c1-14(2)13(20)17-6-7-18(14)12(19)8-9-10(15)4-3-5-11(9)16/h3-5H,6-8H2,1-2H3,(H,17,20). The third-order valence-electron chi connectivity index (χ3n) is 3.54. The average Bonchev–Trinajstić information content (AvgIpc) is 2.37.